The number of rotatable bonds is 4. The van der Waals surface area contributed by atoms with Gasteiger partial charge in [-0.15, -0.1) is 0 Å². The van der Waals surface area contributed by atoms with Gasteiger partial charge in [-0.2, -0.15) is 5.10 Å². The van der Waals surface area contributed by atoms with Gasteiger partial charge in [-0.05, 0) is 24.3 Å². The monoisotopic (exact) mass is 318 g/mol. The van der Waals surface area contributed by atoms with Crippen molar-refractivity contribution in [3.8, 4) is 0 Å². The van der Waals surface area contributed by atoms with Crippen LogP contribution in [0.1, 0.15) is 16.1 Å². The zero-order valence-electron chi connectivity index (χ0n) is 12.7. The molecule has 3 heterocycles. The molecule has 0 bridgehead atoms. The summed E-state index contributed by atoms with van der Waals surface area (Å²) in [4.78, 5) is 27.5. The van der Waals surface area contributed by atoms with E-state index in [1.165, 1.54) is 0 Å². The Labute approximate surface area is 137 Å². The lowest BCUT2D eigenvalue weighted by atomic mass is 10.1. The Hall–Kier alpha value is -3.41. The van der Waals surface area contributed by atoms with E-state index in [2.05, 4.69) is 15.4 Å². The largest absolute Gasteiger partial charge is 0.360 e. The highest BCUT2D eigenvalue weighted by Gasteiger charge is 2.19. The Morgan fingerprint density at radius 3 is 2.83 bits per heavy atom. The van der Waals surface area contributed by atoms with Crippen molar-refractivity contribution >= 4 is 28.1 Å². The van der Waals surface area contributed by atoms with Crippen LogP contribution >= 0.6 is 0 Å². The topological polar surface area (TPSA) is 79.3 Å². The first-order chi connectivity index (χ1) is 11.7. The average molecular weight is 318 g/mol. The molecule has 1 amide bonds. The van der Waals surface area contributed by atoms with Gasteiger partial charge in [-0.3, -0.25) is 9.59 Å². The van der Waals surface area contributed by atoms with Crippen LogP contribution in [0.25, 0.3) is 16.4 Å². The Balaban J connectivity index is 1.50. The number of hydrogen-bond acceptors (Lipinski definition) is 3. The van der Waals surface area contributed by atoms with Gasteiger partial charge in [0.1, 0.15) is 0 Å². The standard InChI is InChI=1S/C18H14N4O2/c23-17(15-11-19-16-7-2-1-6-14(15)16)18(24)20-10-12-9-13-5-3-4-8-22(13)21-12/h1-9,11,19H,10H2,(H,20,24). The molecule has 24 heavy (non-hydrogen) atoms. The van der Waals surface area contributed by atoms with Gasteiger partial charge in [-0.25, -0.2) is 4.52 Å². The Bertz CT molecular complexity index is 1030. The number of fused-ring (bicyclic) bond motifs is 2. The van der Waals surface area contributed by atoms with E-state index in [4.69, 9.17) is 0 Å². The molecule has 4 aromatic rings. The number of pyridine rings is 1. The number of H-pyrrole nitrogens is 1. The molecule has 0 spiro atoms. The van der Waals surface area contributed by atoms with Gasteiger partial charge in [0.05, 0.1) is 23.3 Å². The predicted molar refractivity (Wildman–Crippen MR) is 89.7 cm³/mol. The van der Waals surface area contributed by atoms with Gasteiger partial charge >= 0.3 is 0 Å². The molecule has 0 aliphatic heterocycles. The number of benzene rings is 1. The summed E-state index contributed by atoms with van der Waals surface area (Å²) in [5.41, 5.74) is 2.83. The molecule has 0 fully saturated rings. The number of aromatic nitrogens is 3. The number of amides is 1. The quantitative estimate of drug-likeness (QED) is 0.448. The molecule has 6 heteroatoms. The number of Topliss-reactive ketones (excluding diaryl/α,β-unsaturated/α-hetero) is 1. The van der Waals surface area contributed by atoms with Crippen LogP contribution in [0.3, 0.4) is 0 Å². The summed E-state index contributed by atoms with van der Waals surface area (Å²) in [6, 6.07) is 15.0. The van der Waals surface area contributed by atoms with Crippen molar-refractivity contribution in [1.29, 1.82) is 0 Å². The second-order valence-corrected chi connectivity index (χ2v) is 5.47. The van der Waals surface area contributed by atoms with Gasteiger partial charge in [0.25, 0.3) is 11.7 Å². The SMILES string of the molecule is O=C(NCc1cc2ccccn2n1)C(=O)c1c[nH]c2ccccc12. The fourth-order valence-electron chi connectivity index (χ4n) is 2.71. The highest BCUT2D eigenvalue weighted by Crippen LogP contribution is 2.18. The molecule has 2 N–H and O–H groups in total. The average Bonchev–Trinajstić information content (AvgIpc) is 3.22. The van der Waals surface area contributed by atoms with E-state index >= 15 is 0 Å². The summed E-state index contributed by atoms with van der Waals surface area (Å²) in [6.07, 6.45) is 3.40. The van der Waals surface area contributed by atoms with Gasteiger partial charge < -0.3 is 10.3 Å². The van der Waals surface area contributed by atoms with Crippen LogP contribution in [0, 0.1) is 0 Å². The summed E-state index contributed by atoms with van der Waals surface area (Å²) in [5, 5.41) is 7.72. The highest BCUT2D eigenvalue weighted by molar-refractivity contribution is 6.44. The first kappa shape index (κ1) is 14.2. The molecule has 1 aromatic carbocycles. The van der Waals surface area contributed by atoms with Gasteiger partial charge in [0, 0.05) is 23.3 Å². The maximum atomic E-state index is 12.4. The molecule has 0 radical (unpaired) electrons. The van der Waals surface area contributed by atoms with Crippen LogP contribution in [-0.4, -0.2) is 26.3 Å². The first-order valence-electron chi connectivity index (χ1n) is 7.54. The molecule has 3 aromatic heterocycles. The van der Waals surface area contributed by atoms with Crippen LogP contribution in [0.15, 0.2) is 60.9 Å². The fourth-order valence-corrected chi connectivity index (χ4v) is 2.71. The molecular formula is C18H14N4O2. The fraction of sp³-hybridized carbons (Fsp3) is 0.0556. The zero-order chi connectivity index (χ0) is 16.5. The Morgan fingerprint density at radius 2 is 1.96 bits per heavy atom. The summed E-state index contributed by atoms with van der Waals surface area (Å²) in [5.74, 6) is -1.20. The van der Waals surface area contributed by atoms with Crippen molar-refractivity contribution in [2.24, 2.45) is 0 Å². The van der Waals surface area contributed by atoms with E-state index in [0.29, 0.717) is 11.3 Å². The molecule has 0 saturated heterocycles. The second-order valence-electron chi connectivity index (χ2n) is 5.47. The molecule has 0 unspecified atom stereocenters. The maximum absolute atomic E-state index is 12.4. The smallest absolute Gasteiger partial charge is 0.292 e. The van der Waals surface area contributed by atoms with E-state index in [1.807, 2.05) is 54.7 Å². The molecule has 0 saturated carbocycles. The minimum absolute atomic E-state index is 0.203. The lowest BCUT2D eigenvalue weighted by Gasteiger charge is -2.01. The predicted octanol–water partition coefficient (Wildman–Crippen LogP) is 2.31. The number of carbonyl (C=O) groups is 2. The molecule has 6 nitrogen and oxygen atoms in total. The lowest BCUT2D eigenvalue weighted by molar-refractivity contribution is -0.117. The van der Waals surface area contributed by atoms with Crippen LogP contribution in [0.2, 0.25) is 0 Å². The van der Waals surface area contributed by atoms with Gasteiger partial charge in [0.2, 0.25) is 0 Å². The van der Waals surface area contributed by atoms with Crippen LogP contribution in [0.5, 0.6) is 0 Å². The summed E-state index contributed by atoms with van der Waals surface area (Å²) >= 11 is 0. The number of nitrogens with zero attached hydrogens (tertiary/aromatic N) is 2. The third-order valence-electron chi connectivity index (χ3n) is 3.89. The lowest BCUT2D eigenvalue weighted by Crippen LogP contribution is -2.30. The van der Waals surface area contributed by atoms with Gasteiger partial charge in [0.15, 0.2) is 0 Å². The second kappa shape index (κ2) is 5.66. The van der Waals surface area contributed by atoms with Crippen molar-refractivity contribution < 1.29 is 9.59 Å². The normalized spacial score (nSPS) is 11.0. The van der Waals surface area contributed by atoms with Crippen molar-refractivity contribution in [2.75, 3.05) is 0 Å². The number of hydrogen-bond donors (Lipinski definition) is 2. The minimum atomic E-state index is -0.642. The summed E-state index contributed by atoms with van der Waals surface area (Å²) < 4.78 is 1.73. The summed E-state index contributed by atoms with van der Waals surface area (Å²) in [7, 11) is 0. The molecule has 0 aliphatic carbocycles. The van der Waals surface area contributed by atoms with Crippen molar-refractivity contribution in [3.05, 3.63) is 72.2 Å². The van der Waals surface area contributed by atoms with Crippen molar-refractivity contribution in [2.45, 2.75) is 6.54 Å². The first-order valence-corrected chi connectivity index (χ1v) is 7.54. The minimum Gasteiger partial charge on any atom is -0.360 e. The third-order valence-corrected chi connectivity index (χ3v) is 3.89. The third kappa shape index (κ3) is 2.44. The van der Waals surface area contributed by atoms with Crippen LogP contribution < -0.4 is 5.32 Å². The van der Waals surface area contributed by atoms with Gasteiger partial charge in [-0.1, -0.05) is 24.3 Å². The van der Waals surface area contributed by atoms with E-state index in [9.17, 15) is 9.59 Å². The van der Waals surface area contributed by atoms with E-state index in [-0.39, 0.29) is 6.54 Å². The Morgan fingerprint density at radius 1 is 1.12 bits per heavy atom. The zero-order valence-corrected chi connectivity index (χ0v) is 12.7. The molecule has 0 atom stereocenters. The highest BCUT2D eigenvalue weighted by atomic mass is 16.2. The van der Waals surface area contributed by atoms with E-state index in [0.717, 1.165) is 16.4 Å². The van der Waals surface area contributed by atoms with Crippen LogP contribution in [-0.2, 0) is 11.3 Å². The maximum Gasteiger partial charge on any atom is 0.292 e. The molecule has 118 valence electrons. The summed E-state index contributed by atoms with van der Waals surface area (Å²) in [6.45, 7) is 0.203. The number of carbonyl (C=O) groups excluding carboxylic acids is 2. The Kier molecular flexibility index (Phi) is 3.35. The van der Waals surface area contributed by atoms with E-state index in [1.54, 1.807) is 10.7 Å². The number of nitrogens with one attached hydrogen (secondary N) is 2. The molecule has 4 rings (SSSR count). The number of aromatic amines is 1. The molecular weight excluding hydrogens is 304 g/mol. The van der Waals surface area contributed by atoms with Crippen molar-refractivity contribution in [1.82, 2.24) is 19.9 Å². The molecule has 0 aliphatic rings. The number of para-hydroxylation sites is 1. The van der Waals surface area contributed by atoms with Crippen LogP contribution in [0.4, 0.5) is 0 Å². The number of ketones is 1. The van der Waals surface area contributed by atoms with E-state index < -0.39 is 11.7 Å². The van der Waals surface area contributed by atoms with Crippen molar-refractivity contribution in [3.63, 3.8) is 0 Å².